The Morgan fingerprint density at radius 1 is 1.40 bits per heavy atom. The molecule has 2 N–H and O–H groups in total. The van der Waals surface area contributed by atoms with Crippen LogP contribution in [-0.4, -0.2) is 21.5 Å². The molecule has 0 saturated carbocycles. The summed E-state index contributed by atoms with van der Waals surface area (Å²) in [5, 5.41) is 5.69. The number of aryl methyl sites for hydroxylation is 1. The Kier molecular flexibility index (Phi) is 4.02. The first-order chi connectivity index (χ1) is 9.49. The topological polar surface area (TPSA) is 58.9 Å². The molecule has 0 aliphatic rings. The molecular weight excluding hydrogens is 259 g/mol. The minimum absolute atomic E-state index is 0.129. The molecule has 0 unspecified atom stereocenters. The molecule has 0 radical (unpaired) electrons. The number of aromatic nitrogens is 2. The molecule has 1 aromatic heterocycles. The summed E-state index contributed by atoms with van der Waals surface area (Å²) in [6, 6.07) is 4.76. The Morgan fingerprint density at radius 3 is 2.75 bits per heavy atom. The average molecular weight is 276 g/mol. The lowest BCUT2D eigenvalue weighted by Gasteiger charge is -2.16. The van der Waals surface area contributed by atoms with E-state index in [1.54, 1.807) is 23.7 Å². The number of amides is 1. The molecule has 0 aliphatic carbocycles. The predicted octanol–water partition coefficient (Wildman–Crippen LogP) is 2.63. The fraction of sp³-hybridized carbons (Fsp3) is 0.286. The van der Waals surface area contributed by atoms with Crippen LogP contribution in [0.5, 0.6) is 0 Å². The highest BCUT2D eigenvalue weighted by molar-refractivity contribution is 6.04. The number of nitrogens with one attached hydrogen (secondary N) is 2. The lowest BCUT2D eigenvalue weighted by molar-refractivity contribution is 0.101. The summed E-state index contributed by atoms with van der Waals surface area (Å²) in [4.78, 5) is 16.0. The highest BCUT2D eigenvalue weighted by atomic mass is 19.1. The zero-order valence-corrected chi connectivity index (χ0v) is 11.6. The number of anilines is 2. The van der Waals surface area contributed by atoms with Crippen LogP contribution in [0.2, 0.25) is 0 Å². The Hall–Kier alpha value is -2.37. The molecule has 0 atom stereocenters. The van der Waals surface area contributed by atoms with Gasteiger partial charge in [0.25, 0.3) is 5.91 Å². The SMILES string of the molecule is CC(C)Nc1cccc(F)c1NC(=O)c1cncn1C. The normalized spacial score (nSPS) is 10.7. The maximum atomic E-state index is 13.9. The zero-order valence-electron chi connectivity index (χ0n) is 11.6. The van der Waals surface area contributed by atoms with Crippen molar-refractivity contribution in [3.05, 3.63) is 42.2 Å². The van der Waals surface area contributed by atoms with Gasteiger partial charge in [-0.1, -0.05) is 6.07 Å². The smallest absolute Gasteiger partial charge is 0.274 e. The largest absolute Gasteiger partial charge is 0.381 e. The van der Waals surface area contributed by atoms with Gasteiger partial charge < -0.3 is 15.2 Å². The van der Waals surface area contributed by atoms with Gasteiger partial charge >= 0.3 is 0 Å². The molecule has 0 saturated heterocycles. The minimum atomic E-state index is -0.480. The number of hydrogen-bond donors (Lipinski definition) is 2. The summed E-state index contributed by atoms with van der Waals surface area (Å²) >= 11 is 0. The Balaban J connectivity index is 2.29. The van der Waals surface area contributed by atoms with E-state index in [0.717, 1.165) is 0 Å². The second-order valence-electron chi connectivity index (χ2n) is 4.81. The molecule has 5 nitrogen and oxygen atoms in total. The van der Waals surface area contributed by atoms with E-state index in [4.69, 9.17) is 0 Å². The number of halogens is 1. The quantitative estimate of drug-likeness (QED) is 0.902. The molecule has 1 heterocycles. The maximum Gasteiger partial charge on any atom is 0.274 e. The van der Waals surface area contributed by atoms with Crippen molar-refractivity contribution in [1.29, 1.82) is 0 Å². The number of hydrogen-bond acceptors (Lipinski definition) is 3. The van der Waals surface area contributed by atoms with E-state index in [9.17, 15) is 9.18 Å². The highest BCUT2D eigenvalue weighted by Crippen LogP contribution is 2.26. The van der Waals surface area contributed by atoms with E-state index in [-0.39, 0.29) is 11.7 Å². The second-order valence-corrected chi connectivity index (χ2v) is 4.81. The molecular formula is C14H17FN4O. The van der Waals surface area contributed by atoms with Crippen LogP contribution in [0.15, 0.2) is 30.7 Å². The molecule has 0 fully saturated rings. The monoisotopic (exact) mass is 276 g/mol. The minimum Gasteiger partial charge on any atom is -0.381 e. The van der Waals surface area contributed by atoms with Gasteiger partial charge in [-0.25, -0.2) is 9.37 Å². The number of rotatable bonds is 4. The van der Waals surface area contributed by atoms with Gasteiger partial charge in [0.1, 0.15) is 17.2 Å². The van der Waals surface area contributed by atoms with Gasteiger partial charge in [0.05, 0.1) is 18.2 Å². The second kappa shape index (κ2) is 5.73. The van der Waals surface area contributed by atoms with Crippen molar-refractivity contribution >= 4 is 17.3 Å². The molecule has 2 aromatic rings. The van der Waals surface area contributed by atoms with E-state index in [1.165, 1.54) is 18.6 Å². The van der Waals surface area contributed by atoms with Crippen LogP contribution in [0.1, 0.15) is 24.3 Å². The number of nitrogens with zero attached hydrogens (tertiary/aromatic N) is 2. The van der Waals surface area contributed by atoms with Crippen LogP contribution in [0, 0.1) is 5.82 Å². The molecule has 0 aliphatic heterocycles. The van der Waals surface area contributed by atoms with E-state index >= 15 is 0 Å². The van der Waals surface area contributed by atoms with E-state index in [0.29, 0.717) is 11.4 Å². The molecule has 1 amide bonds. The number of para-hydroxylation sites is 1. The summed E-state index contributed by atoms with van der Waals surface area (Å²) in [6.07, 6.45) is 2.95. The third-order valence-corrected chi connectivity index (χ3v) is 2.75. The Morgan fingerprint density at radius 2 is 2.15 bits per heavy atom. The van der Waals surface area contributed by atoms with Crippen molar-refractivity contribution < 1.29 is 9.18 Å². The van der Waals surface area contributed by atoms with Gasteiger partial charge in [-0.05, 0) is 26.0 Å². The Labute approximate surface area is 116 Å². The molecule has 20 heavy (non-hydrogen) atoms. The first kappa shape index (κ1) is 14.0. The average Bonchev–Trinajstić information content (AvgIpc) is 2.79. The van der Waals surface area contributed by atoms with Crippen LogP contribution in [0.25, 0.3) is 0 Å². The predicted molar refractivity (Wildman–Crippen MR) is 76.3 cm³/mol. The van der Waals surface area contributed by atoms with E-state index in [2.05, 4.69) is 15.6 Å². The van der Waals surface area contributed by atoms with Gasteiger partial charge in [-0.3, -0.25) is 4.79 Å². The molecule has 0 bridgehead atoms. The van der Waals surface area contributed by atoms with Crippen molar-refractivity contribution in [3.63, 3.8) is 0 Å². The van der Waals surface area contributed by atoms with E-state index in [1.807, 2.05) is 13.8 Å². The van der Waals surface area contributed by atoms with Crippen LogP contribution in [0.4, 0.5) is 15.8 Å². The highest BCUT2D eigenvalue weighted by Gasteiger charge is 2.15. The van der Waals surface area contributed by atoms with Crippen LogP contribution in [0.3, 0.4) is 0 Å². The lowest BCUT2D eigenvalue weighted by atomic mass is 10.2. The van der Waals surface area contributed by atoms with Crippen LogP contribution >= 0.6 is 0 Å². The molecule has 2 rings (SSSR count). The van der Waals surface area contributed by atoms with E-state index < -0.39 is 11.7 Å². The van der Waals surface area contributed by atoms with Gasteiger partial charge in [-0.15, -0.1) is 0 Å². The van der Waals surface area contributed by atoms with Crippen molar-refractivity contribution in [1.82, 2.24) is 9.55 Å². The lowest BCUT2D eigenvalue weighted by Crippen LogP contribution is -2.19. The standard InChI is InChI=1S/C14H17FN4O/c1-9(2)17-11-6-4-5-10(15)13(11)18-14(20)12-7-16-8-19(12)3/h4-9,17H,1-3H3,(H,18,20). The molecule has 0 spiro atoms. The summed E-state index contributed by atoms with van der Waals surface area (Å²) in [6.45, 7) is 3.88. The van der Waals surface area contributed by atoms with Crippen molar-refractivity contribution in [2.75, 3.05) is 10.6 Å². The summed E-state index contributed by atoms with van der Waals surface area (Å²) in [5.74, 6) is -0.881. The van der Waals surface area contributed by atoms with Crippen LogP contribution < -0.4 is 10.6 Å². The number of benzene rings is 1. The maximum absolute atomic E-state index is 13.9. The molecule has 6 heteroatoms. The first-order valence-corrected chi connectivity index (χ1v) is 6.31. The van der Waals surface area contributed by atoms with Gasteiger partial charge in [-0.2, -0.15) is 0 Å². The zero-order chi connectivity index (χ0) is 14.7. The van der Waals surface area contributed by atoms with Crippen LogP contribution in [-0.2, 0) is 7.05 Å². The van der Waals surface area contributed by atoms with Crippen molar-refractivity contribution in [2.24, 2.45) is 7.05 Å². The summed E-state index contributed by atoms with van der Waals surface area (Å²) in [5.41, 5.74) is 1.06. The van der Waals surface area contributed by atoms with Gasteiger partial charge in [0.2, 0.25) is 0 Å². The number of imidazole rings is 1. The third kappa shape index (κ3) is 2.96. The summed E-state index contributed by atoms with van der Waals surface area (Å²) in [7, 11) is 1.70. The van der Waals surface area contributed by atoms with Crippen molar-refractivity contribution in [3.8, 4) is 0 Å². The summed E-state index contributed by atoms with van der Waals surface area (Å²) < 4.78 is 15.5. The van der Waals surface area contributed by atoms with Gasteiger partial charge in [0.15, 0.2) is 0 Å². The fourth-order valence-electron chi connectivity index (χ4n) is 1.84. The Bertz CT molecular complexity index is 621. The third-order valence-electron chi connectivity index (χ3n) is 2.75. The molecule has 106 valence electrons. The first-order valence-electron chi connectivity index (χ1n) is 6.31. The fourth-order valence-corrected chi connectivity index (χ4v) is 1.84. The van der Waals surface area contributed by atoms with Gasteiger partial charge in [0, 0.05) is 13.1 Å². The number of carbonyl (C=O) groups excluding carboxylic acids is 1. The molecule has 1 aromatic carbocycles. The van der Waals surface area contributed by atoms with Crippen molar-refractivity contribution in [2.45, 2.75) is 19.9 Å². The number of carbonyl (C=O) groups is 1.